The summed E-state index contributed by atoms with van der Waals surface area (Å²) in [6, 6.07) is 8.78. The van der Waals surface area contributed by atoms with Crippen LogP contribution in [0.5, 0.6) is 5.75 Å². The van der Waals surface area contributed by atoms with Crippen LogP contribution in [-0.4, -0.2) is 23.6 Å². The largest absolute Gasteiger partial charge is 0.508 e. The highest BCUT2D eigenvalue weighted by Crippen LogP contribution is 2.09. The molecule has 1 aromatic carbocycles. The molecule has 0 saturated heterocycles. The lowest BCUT2D eigenvalue weighted by Crippen LogP contribution is -2.31. The van der Waals surface area contributed by atoms with Crippen LogP contribution in [-0.2, 0) is 11.2 Å². The van der Waals surface area contributed by atoms with E-state index in [9.17, 15) is 4.79 Å². The highest BCUT2D eigenvalue weighted by atomic mass is 16.3. The fraction of sp³-hybridized carbons (Fsp3) is 0.333. The number of hydrogen-bond donors (Lipinski definition) is 3. The summed E-state index contributed by atoms with van der Waals surface area (Å²) in [5.74, 6) is -0.140. The molecule has 1 rings (SSSR count). The third-order valence-corrected chi connectivity index (χ3v) is 2.53. The molecule has 5 nitrogen and oxygen atoms in total. The summed E-state index contributed by atoms with van der Waals surface area (Å²) in [6.45, 7) is 4.28. The summed E-state index contributed by atoms with van der Waals surface area (Å²) in [5.41, 5.74) is 1.12. The van der Waals surface area contributed by atoms with E-state index in [-0.39, 0.29) is 23.3 Å². The van der Waals surface area contributed by atoms with Crippen LogP contribution in [0.4, 0.5) is 0 Å². The number of carbonyl (C=O) groups excluding carboxylic acids is 1. The molecule has 0 atom stereocenters. The van der Waals surface area contributed by atoms with Gasteiger partial charge in [-0.15, -0.1) is 0 Å². The molecular weight excluding hydrogens is 254 g/mol. The monoisotopic (exact) mass is 273 g/mol. The Morgan fingerprint density at radius 1 is 1.40 bits per heavy atom. The summed E-state index contributed by atoms with van der Waals surface area (Å²) >= 11 is 0. The maximum absolute atomic E-state index is 11.6. The van der Waals surface area contributed by atoms with Crippen LogP contribution in [0.3, 0.4) is 0 Å². The predicted molar refractivity (Wildman–Crippen MR) is 76.8 cm³/mol. The Balaban J connectivity index is 2.44. The van der Waals surface area contributed by atoms with Crippen molar-refractivity contribution in [3.8, 4) is 11.8 Å². The molecule has 0 fully saturated rings. The zero-order chi connectivity index (χ0) is 15.0. The molecule has 0 heterocycles. The standard InChI is InChI=1S/C15H19N3O2/c1-11(2)18-15(20)13(9-16)10-17-8-7-12-3-5-14(19)6-4-12/h3-6,10-11,17,19H,7-8H2,1-2H3,(H,18,20)/b13-10-. The fourth-order valence-corrected chi connectivity index (χ4v) is 1.54. The smallest absolute Gasteiger partial charge is 0.263 e. The van der Waals surface area contributed by atoms with E-state index >= 15 is 0 Å². The zero-order valence-electron chi connectivity index (χ0n) is 11.7. The summed E-state index contributed by atoms with van der Waals surface area (Å²) in [6.07, 6.45) is 2.17. The van der Waals surface area contributed by atoms with Crippen LogP contribution in [0.2, 0.25) is 0 Å². The van der Waals surface area contributed by atoms with Gasteiger partial charge in [0.1, 0.15) is 17.4 Å². The van der Waals surface area contributed by atoms with Crippen LogP contribution in [0.1, 0.15) is 19.4 Å². The second-order valence-corrected chi connectivity index (χ2v) is 4.67. The van der Waals surface area contributed by atoms with Gasteiger partial charge in [0.15, 0.2) is 0 Å². The third-order valence-electron chi connectivity index (χ3n) is 2.53. The number of benzene rings is 1. The van der Waals surface area contributed by atoms with Crippen molar-refractivity contribution in [3.05, 3.63) is 41.6 Å². The molecule has 1 aromatic rings. The first kappa shape index (κ1) is 15.6. The normalized spacial score (nSPS) is 11.0. The fourth-order valence-electron chi connectivity index (χ4n) is 1.54. The van der Waals surface area contributed by atoms with E-state index < -0.39 is 0 Å². The quantitative estimate of drug-likeness (QED) is 0.416. The number of phenols is 1. The molecule has 0 aliphatic carbocycles. The van der Waals surface area contributed by atoms with E-state index in [4.69, 9.17) is 10.4 Å². The maximum Gasteiger partial charge on any atom is 0.263 e. The third kappa shape index (κ3) is 5.44. The molecule has 0 aromatic heterocycles. The van der Waals surface area contributed by atoms with Gasteiger partial charge in [-0.3, -0.25) is 4.79 Å². The van der Waals surface area contributed by atoms with Gasteiger partial charge < -0.3 is 15.7 Å². The van der Waals surface area contributed by atoms with Gasteiger partial charge in [-0.2, -0.15) is 5.26 Å². The van der Waals surface area contributed by atoms with Crippen molar-refractivity contribution >= 4 is 5.91 Å². The Morgan fingerprint density at radius 3 is 2.60 bits per heavy atom. The number of nitrogens with zero attached hydrogens (tertiary/aromatic N) is 1. The topological polar surface area (TPSA) is 85.2 Å². The minimum atomic E-state index is -0.375. The van der Waals surface area contributed by atoms with Crippen molar-refractivity contribution in [3.63, 3.8) is 0 Å². The number of amides is 1. The van der Waals surface area contributed by atoms with E-state index in [2.05, 4.69) is 10.6 Å². The lowest BCUT2D eigenvalue weighted by molar-refractivity contribution is -0.117. The van der Waals surface area contributed by atoms with Gasteiger partial charge in [0.25, 0.3) is 5.91 Å². The lowest BCUT2D eigenvalue weighted by atomic mass is 10.1. The average Bonchev–Trinajstić information content (AvgIpc) is 2.40. The number of rotatable bonds is 6. The first-order valence-corrected chi connectivity index (χ1v) is 6.45. The Hall–Kier alpha value is -2.48. The summed E-state index contributed by atoms with van der Waals surface area (Å²) < 4.78 is 0. The van der Waals surface area contributed by atoms with Crippen molar-refractivity contribution in [2.75, 3.05) is 6.54 Å². The Bertz CT molecular complexity index is 513. The van der Waals surface area contributed by atoms with Gasteiger partial charge in [-0.1, -0.05) is 12.1 Å². The number of nitrogens with one attached hydrogen (secondary N) is 2. The van der Waals surface area contributed by atoms with Gasteiger partial charge >= 0.3 is 0 Å². The highest BCUT2D eigenvalue weighted by Gasteiger charge is 2.09. The minimum absolute atomic E-state index is 0.00348. The Kier molecular flexibility index (Phi) is 6.11. The van der Waals surface area contributed by atoms with E-state index in [1.54, 1.807) is 12.1 Å². The Labute approximate surface area is 118 Å². The van der Waals surface area contributed by atoms with Crippen LogP contribution in [0.25, 0.3) is 0 Å². The van der Waals surface area contributed by atoms with Gasteiger partial charge in [-0.25, -0.2) is 0 Å². The van der Waals surface area contributed by atoms with Crippen LogP contribution in [0, 0.1) is 11.3 Å². The first-order valence-electron chi connectivity index (χ1n) is 6.45. The van der Waals surface area contributed by atoms with E-state index in [1.807, 2.05) is 32.0 Å². The summed E-state index contributed by atoms with van der Waals surface area (Å²) in [4.78, 5) is 11.6. The molecule has 0 aliphatic heterocycles. The lowest BCUT2D eigenvalue weighted by Gasteiger charge is -2.07. The van der Waals surface area contributed by atoms with Crippen molar-refractivity contribution < 1.29 is 9.90 Å². The number of carbonyl (C=O) groups is 1. The SMILES string of the molecule is CC(C)NC(=O)/C(C#N)=C\NCCc1ccc(O)cc1. The second-order valence-electron chi connectivity index (χ2n) is 4.67. The molecule has 5 heteroatoms. The van der Waals surface area contributed by atoms with Gasteiger partial charge in [-0.05, 0) is 38.0 Å². The molecule has 20 heavy (non-hydrogen) atoms. The molecule has 0 saturated carbocycles. The number of phenolic OH excluding ortho intramolecular Hbond substituents is 1. The van der Waals surface area contributed by atoms with Crippen LogP contribution >= 0.6 is 0 Å². The molecule has 0 spiro atoms. The van der Waals surface area contributed by atoms with Crippen molar-refractivity contribution in [2.24, 2.45) is 0 Å². The van der Waals surface area contributed by atoms with E-state index in [0.717, 1.165) is 12.0 Å². The predicted octanol–water partition coefficient (Wildman–Crippen LogP) is 1.46. The molecule has 0 radical (unpaired) electrons. The summed E-state index contributed by atoms with van der Waals surface area (Å²) in [7, 11) is 0. The maximum atomic E-state index is 11.6. The van der Waals surface area contributed by atoms with Crippen LogP contribution in [0.15, 0.2) is 36.0 Å². The average molecular weight is 273 g/mol. The van der Waals surface area contributed by atoms with Gasteiger partial charge in [0, 0.05) is 18.8 Å². The van der Waals surface area contributed by atoms with Crippen LogP contribution < -0.4 is 10.6 Å². The first-order chi connectivity index (χ1) is 9.52. The second kappa shape index (κ2) is 7.85. The molecule has 3 N–H and O–H groups in total. The van der Waals surface area contributed by atoms with E-state index in [1.165, 1.54) is 6.20 Å². The van der Waals surface area contributed by atoms with E-state index in [0.29, 0.717) is 6.54 Å². The molecule has 0 unspecified atom stereocenters. The van der Waals surface area contributed by atoms with Crippen molar-refractivity contribution in [2.45, 2.75) is 26.3 Å². The number of hydrogen-bond acceptors (Lipinski definition) is 4. The molecule has 1 amide bonds. The molecule has 0 bridgehead atoms. The van der Waals surface area contributed by atoms with Crippen molar-refractivity contribution in [1.29, 1.82) is 5.26 Å². The molecule has 106 valence electrons. The zero-order valence-corrected chi connectivity index (χ0v) is 11.7. The van der Waals surface area contributed by atoms with Crippen molar-refractivity contribution in [1.82, 2.24) is 10.6 Å². The van der Waals surface area contributed by atoms with Gasteiger partial charge in [0.2, 0.25) is 0 Å². The molecule has 0 aliphatic rings. The van der Waals surface area contributed by atoms with Gasteiger partial charge in [0.05, 0.1) is 0 Å². The number of nitriles is 1. The number of aromatic hydroxyl groups is 1. The summed E-state index contributed by atoms with van der Waals surface area (Å²) in [5, 5.41) is 23.7. The Morgan fingerprint density at radius 2 is 2.05 bits per heavy atom. The molecular formula is C15H19N3O2. The highest BCUT2D eigenvalue weighted by molar-refractivity contribution is 5.97. The minimum Gasteiger partial charge on any atom is -0.508 e.